The van der Waals surface area contributed by atoms with E-state index in [4.69, 9.17) is 45.9 Å². The zero-order valence-corrected chi connectivity index (χ0v) is 54.4. The molecule has 514 valence electrons. The number of Topliss-reactive ketones (excluding diaryl/α,β-unsaturated/α-hetero) is 2. The Morgan fingerprint density at radius 1 is 0.400 bits per heavy atom. The summed E-state index contributed by atoms with van der Waals surface area (Å²) in [7, 11) is -1.00. The van der Waals surface area contributed by atoms with Crippen molar-refractivity contribution in [2.45, 2.75) is 296 Å². The Balaban J connectivity index is -0.00000122. The number of alkyl halides is 1. The summed E-state index contributed by atoms with van der Waals surface area (Å²) in [5, 5.41) is 50.9. The SMILES string of the molecule is CC(=O)CC(O)C(=O)OCc1ccccc1.CCCCCCCCCCCCCCCCCC(=O)OC(CC(=O)O)C(=O)O.CCCCCCCCCCCCCCCCCC(=O)OC(CC(C)=O)C(=O)OCc1ccccc1.O=C(O)CC(O)C(=O)O.[2H]CF. The van der Waals surface area contributed by atoms with Crippen molar-refractivity contribution >= 4 is 59.3 Å². The maximum absolute atomic E-state index is 12.3. The number of aliphatic carboxylic acids is 4. The molecule has 20 nitrogen and oxygen atoms in total. The molecule has 6 N–H and O–H groups in total. The highest BCUT2D eigenvalue weighted by molar-refractivity contribution is 5.87. The van der Waals surface area contributed by atoms with Crippen molar-refractivity contribution in [2.75, 3.05) is 7.15 Å². The Labute approximate surface area is 536 Å². The van der Waals surface area contributed by atoms with Gasteiger partial charge < -0.3 is 49.6 Å². The minimum absolute atomic E-state index is 0.0880. The number of halogens is 1. The van der Waals surface area contributed by atoms with Crippen LogP contribution in [0.2, 0.25) is 0 Å². The van der Waals surface area contributed by atoms with E-state index >= 15 is 0 Å². The summed E-state index contributed by atoms with van der Waals surface area (Å²) >= 11 is 0. The molecule has 0 heterocycles. The van der Waals surface area contributed by atoms with Crippen molar-refractivity contribution in [3.8, 4) is 0 Å². The fourth-order valence-corrected chi connectivity index (χ4v) is 8.74. The molecule has 90 heavy (non-hydrogen) atoms. The summed E-state index contributed by atoms with van der Waals surface area (Å²) in [6, 6.07) is 18.4. The van der Waals surface area contributed by atoms with Crippen LogP contribution in [0.3, 0.4) is 0 Å². The number of carbonyl (C=O) groups excluding carboxylic acids is 6. The number of ketones is 2. The number of aliphatic hydroxyl groups is 2. The number of carboxylic acid groups (broad SMARTS) is 4. The van der Waals surface area contributed by atoms with Crippen molar-refractivity contribution < 1.29 is 103 Å². The van der Waals surface area contributed by atoms with Crippen molar-refractivity contribution in [3.05, 3.63) is 71.8 Å². The third-order valence-corrected chi connectivity index (χ3v) is 13.7. The van der Waals surface area contributed by atoms with E-state index in [9.17, 15) is 57.4 Å². The molecule has 0 saturated heterocycles. The van der Waals surface area contributed by atoms with Crippen molar-refractivity contribution in [1.82, 2.24) is 0 Å². The Bertz CT molecular complexity index is 2200. The van der Waals surface area contributed by atoms with E-state index in [1.54, 1.807) is 0 Å². The minimum Gasteiger partial charge on any atom is -0.481 e. The Morgan fingerprint density at radius 2 is 0.700 bits per heavy atom. The number of esters is 4. The van der Waals surface area contributed by atoms with Crippen LogP contribution in [0.1, 0.15) is 271 Å². The molecule has 0 fully saturated rings. The number of rotatable bonds is 50. The van der Waals surface area contributed by atoms with Crippen molar-refractivity contribution in [1.29, 1.82) is 0 Å². The van der Waals surface area contributed by atoms with Crippen LogP contribution in [0.25, 0.3) is 0 Å². The predicted molar refractivity (Wildman–Crippen MR) is 341 cm³/mol. The van der Waals surface area contributed by atoms with E-state index < -0.39 is 92.2 Å². The van der Waals surface area contributed by atoms with Crippen LogP contribution < -0.4 is 0 Å². The molecule has 2 aromatic rings. The molecule has 0 radical (unpaired) electrons. The van der Waals surface area contributed by atoms with Crippen LogP contribution in [0, 0.1) is 0 Å². The molecule has 0 bridgehead atoms. The summed E-state index contributed by atoms with van der Waals surface area (Å²) in [6.45, 7) is 7.39. The van der Waals surface area contributed by atoms with Gasteiger partial charge in [-0.1, -0.05) is 254 Å². The first-order valence-electron chi connectivity index (χ1n) is 33.1. The summed E-state index contributed by atoms with van der Waals surface area (Å²) in [6.07, 6.45) is 30.1. The molecule has 0 spiro atoms. The molecule has 0 aliphatic heterocycles. The molecule has 4 unspecified atom stereocenters. The number of carboxylic acids is 4. The zero-order valence-electron chi connectivity index (χ0n) is 55.4. The molecular formula is C69H111FO20. The second-order valence-corrected chi connectivity index (χ2v) is 22.3. The Hall–Kier alpha value is -6.61. The van der Waals surface area contributed by atoms with Gasteiger partial charge in [0.1, 0.15) is 24.8 Å². The maximum atomic E-state index is 12.3. The summed E-state index contributed by atoms with van der Waals surface area (Å²) in [5.74, 6) is -8.55. The van der Waals surface area contributed by atoms with Crippen LogP contribution in [-0.4, -0.2) is 122 Å². The molecule has 0 aliphatic rings. The van der Waals surface area contributed by atoms with Gasteiger partial charge in [0, 0.05) is 19.3 Å². The fourth-order valence-electron chi connectivity index (χ4n) is 8.74. The van der Waals surface area contributed by atoms with Gasteiger partial charge in [-0.2, -0.15) is 0 Å². The predicted octanol–water partition coefficient (Wildman–Crippen LogP) is 14.2. The van der Waals surface area contributed by atoms with Gasteiger partial charge in [-0.15, -0.1) is 0 Å². The number of ether oxygens (including phenoxy) is 4. The van der Waals surface area contributed by atoms with Gasteiger partial charge in [-0.25, -0.2) is 19.2 Å². The molecule has 21 heteroatoms. The topological polar surface area (TPSA) is 329 Å². The Morgan fingerprint density at radius 3 is 0.978 bits per heavy atom. The highest BCUT2D eigenvalue weighted by Gasteiger charge is 2.27. The number of unbranched alkanes of at least 4 members (excludes halogenated alkanes) is 28. The first-order chi connectivity index (χ1) is 43.5. The van der Waals surface area contributed by atoms with Crippen LogP contribution in [0.4, 0.5) is 4.39 Å². The molecular weight excluding hydrogens is 1170 g/mol. The molecule has 2 aromatic carbocycles. The lowest BCUT2D eigenvalue weighted by molar-refractivity contribution is -0.170. The average Bonchev–Trinajstić information content (AvgIpc) is 3.64. The third-order valence-electron chi connectivity index (χ3n) is 13.7. The quantitative estimate of drug-likeness (QED) is 0.0204. The third kappa shape index (κ3) is 60.3. The number of benzene rings is 2. The lowest BCUT2D eigenvalue weighted by atomic mass is 10.0. The fraction of sp³-hybridized carbons (Fsp3) is 0.681. The van der Waals surface area contributed by atoms with Gasteiger partial charge in [0.15, 0.2) is 12.2 Å². The number of hydrogen-bond donors (Lipinski definition) is 6. The summed E-state index contributed by atoms with van der Waals surface area (Å²) in [5.41, 5.74) is 1.68. The first kappa shape index (κ1) is 85.5. The van der Waals surface area contributed by atoms with E-state index in [2.05, 4.69) is 13.8 Å². The van der Waals surface area contributed by atoms with E-state index in [1.807, 2.05) is 60.7 Å². The molecule has 0 aliphatic carbocycles. The van der Waals surface area contributed by atoms with Gasteiger partial charge in [0.25, 0.3) is 0 Å². The van der Waals surface area contributed by atoms with Crippen molar-refractivity contribution in [2.24, 2.45) is 0 Å². The lowest BCUT2D eigenvalue weighted by Crippen LogP contribution is -2.31. The van der Waals surface area contributed by atoms with Gasteiger partial charge in [0.2, 0.25) is 12.2 Å². The maximum Gasteiger partial charge on any atom is 0.348 e. The number of hydrogen-bond acceptors (Lipinski definition) is 16. The van der Waals surface area contributed by atoms with Crippen LogP contribution in [0.15, 0.2) is 60.7 Å². The Kier molecular flexibility index (Phi) is 59.4. The normalized spacial score (nSPS) is 11.8. The highest BCUT2D eigenvalue weighted by atomic mass is 19.1. The van der Waals surface area contributed by atoms with Gasteiger partial charge in [-0.3, -0.25) is 33.2 Å². The van der Waals surface area contributed by atoms with Crippen molar-refractivity contribution in [3.63, 3.8) is 0 Å². The second-order valence-electron chi connectivity index (χ2n) is 22.3. The molecule has 0 aromatic heterocycles. The molecule has 4 atom stereocenters. The minimum atomic E-state index is -1.79. The standard InChI is InChI=1S/C30H48O5.C22H40O6.C12H14O4.C4H6O5.CH3F/c1-3-4-5-6-7-8-9-10-11-12-13-14-15-16-20-23-29(32)35-28(24-26(2)31)30(33)34-25-27-21-18-17-19-22-27;1-2-3-4-5-6-7-8-9-10-11-12-13-14-15-16-17-21(25)28-19(22(26)27)18-20(23)24;1-9(13)7-11(14)12(15)16-8-10-5-3-2-4-6-10;5-2(4(8)9)1-3(6)7;1-2/h17-19,21-22,28H,3-16,20,23-25H2,1-2H3;19H,2-18H2,1H3,(H,23,24)(H,26,27);2-6,11,14H,7-8H2,1H3;2,5H,1H2,(H,6,7)(H,8,9);1H3/i;;;;1D. The van der Waals surface area contributed by atoms with E-state index in [1.165, 1.54) is 162 Å². The zero-order chi connectivity index (χ0) is 68.7. The first-order valence-corrected chi connectivity index (χ1v) is 32.4. The van der Waals surface area contributed by atoms with Crippen LogP contribution in [0.5, 0.6) is 0 Å². The molecule has 0 saturated carbocycles. The highest BCUT2D eigenvalue weighted by Crippen LogP contribution is 2.17. The average molecular weight is 1280 g/mol. The molecule has 0 amide bonds. The van der Waals surface area contributed by atoms with Gasteiger partial charge in [0.05, 0.1) is 27.8 Å². The van der Waals surface area contributed by atoms with E-state index in [0.717, 1.165) is 49.7 Å². The smallest absolute Gasteiger partial charge is 0.348 e. The monoisotopic (exact) mass is 1280 g/mol. The van der Waals surface area contributed by atoms with Gasteiger partial charge in [-0.05, 0) is 37.8 Å². The van der Waals surface area contributed by atoms with E-state index in [0.29, 0.717) is 6.42 Å². The summed E-state index contributed by atoms with van der Waals surface area (Å²) in [4.78, 5) is 110. The molecule has 2 rings (SSSR count). The van der Waals surface area contributed by atoms with Crippen LogP contribution >= 0.6 is 0 Å². The van der Waals surface area contributed by atoms with Gasteiger partial charge >= 0.3 is 47.8 Å². The van der Waals surface area contributed by atoms with Crippen LogP contribution in [-0.2, 0) is 80.1 Å². The lowest BCUT2D eigenvalue weighted by Gasteiger charge is -2.16. The number of aliphatic hydroxyl groups excluding tert-OH is 2. The number of carbonyl (C=O) groups is 10. The second kappa shape index (κ2) is 62.6. The largest absolute Gasteiger partial charge is 0.481 e. The van der Waals surface area contributed by atoms with E-state index in [-0.39, 0.29) is 50.5 Å². The summed E-state index contributed by atoms with van der Waals surface area (Å²) < 4.78 is 35.6.